The molecule has 1 aliphatic rings. The Balaban J connectivity index is 1.44. The van der Waals surface area contributed by atoms with Crippen LogP contribution in [0.25, 0.3) is 0 Å². The van der Waals surface area contributed by atoms with Crippen molar-refractivity contribution < 1.29 is 19.4 Å². The zero-order chi connectivity index (χ0) is 15.6. The maximum Gasteiger partial charge on any atom is 0.306 e. The molecule has 4 nitrogen and oxygen atoms in total. The van der Waals surface area contributed by atoms with Crippen molar-refractivity contribution in [3.05, 3.63) is 35.9 Å². The molecule has 1 fully saturated rings. The third kappa shape index (κ3) is 6.16. The van der Waals surface area contributed by atoms with Gasteiger partial charge in [0.2, 0.25) is 0 Å². The molecule has 0 saturated heterocycles. The Morgan fingerprint density at radius 2 is 1.73 bits per heavy atom. The summed E-state index contributed by atoms with van der Waals surface area (Å²) < 4.78 is 11.5. The van der Waals surface area contributed by atoms with Crippen molar-refractivity contribution in [2.75, 3.05) is 13.2 Å². The largest absolute Gasteiger partial charge is 0.481 e. The molecular formula is C18H26O4. The molecule has 4 heteroatoms. The molecule has 0 aromatic heterocycles. The minimum Gasteiger partial charge on any atom is -0.481 e. The van der Waals surface area contributed by atoms with Gasteiger partial charge in [0, 0.05) is 13.2 Å². The van der Waals surface area contributed by atoms with E-state index >= 15 is 0 Å². The van der Waals surface area contributed by atoms with Crippen LogP contribution in [0.4, 0.5) is 0 Å². The third-order valence-electron chi connectivity index (χ3n) is 4.17. The van der Waals surface area contributed by atoms with E-state index in [9.17, 15) is 4.79 Å². The van der Waals surface area contributed by atoms with E-state index in [1.807, 2.05) is 18.2 Å². The summed E-state index contributed by atoms with van der Waals surface area (Å²) in [6, 6.07) is 10.2. The number of hydrogen-bond acceptors (Lipinski definition) is 3. The highest BCUT2D eigenvalue weighted by molar-refractivity contribution is 5.70. The van der Waals surface area contributed by atoms with E-state index in [0.717, 1.165) is 51.7 Å². The first-order valence-corrected chi connectivity index (χ1v) is 8.22. The second-order valence-electron chi connectivity index (χ2n) is 5.93. The predicted octanol–water partition coefficient (Wildman–Crippen LogP) is 3.64. The van der Waals surface area contributed by atoms with E-state index in [0.29, 0.717) is 6.61 Å². The fourth-order valence-electron chi connectivity index (χ4n) is 2.80. The molecule has 0 aliphatic heterocycles. The topological polar surface area (TPSA) is 55.8 Å². The Morgan fingerprint density at radius 1 is 1.05 bits per heavy atom. The lowest BCUT2D eigenvalue weighted by atomic mass is 9.87. The first-order valence-electron chi connectivity index (χ1n) is 8.22. The molecule has 0 unspecified atom stereocenters. The van der Waals surface area contributed by atoms with Crippen molar-refractivity contribution in [1.82, 2.24) is 0 Å². The highest BCUT2D eigenvalue weighted by Crippen LogP contribution is 2.26. The van der Waals surface area contributed by atoms with Gasteiger partial charge in [-0.3, -0.25) is 4.79 Å². The monoisotopic (exact) mass is 306 g/mol. The number of carboxylic acids is 1. The van der Waals surface area contributed by atoms with Gasteiger partial charge >= 0.3 is 5.97 Å². The maximum absolute atomic E-state index is 10.9. The maximum atomic E-state index is 10.9. The smallest absolute Gasteiger partial charge is 0.306 e. The summed E-state index contributed by atoms with van der Waals surface area (Å²) in [5, 5.41) is 8.95. The Hall–Kier alpha value is -1.39. The second kappa shape index (κ2) is 9.59. The lowest BCUT2D eigenvalue weighted by molar-refractivity contribution is -0.143. The quantitative estimate of drug-likeness (QED) is 0.708. The number of benzene rings is 1. The van der Waals surface area contributed by atoms with Gasteiger partial charge < -0.3 is 14.6 Å². The van der Waals surface area contributed by atoms with Crippen LogP contribution in [0.3, 0.4) is 0 Å². The van der Waals surface area contributed by atoms with E-state index in [1.165, 1.54) is 5.56 Å². The van der Waals surface area contributed by atoms with E-state index in [4.69, 9.17) is 14.6 Å². The number of carbonyl (C=O) groups is 1. The molecule has 0 bridgehead atoms. The van der Waals surface area contributed by atoms with Gasteiger partial charge in [-0.15, -0.1) is 0 Å². The van der Waals surface area contributed by atoms with Crippen LogP contribution < -0.4 is 0 Å². The van der Waals surface area contributed by atoms with Crippen LogP contribution in [0.2, 0.25) is 0 Å². The van der Waals surface area contributed by atoms with E-state index in [2.05, 4.69) is 12.1 Å². The predicted molar refractivity (Wildman–Crippen MR) is 84.7 cm³/mol. The zero-order valence-corrected chi connectivity index (χ0v) is 13.1. The average Bonchev–Trinajstić information content (AvgIpc) is 2.55. The molecule has 1 aromatic carbocycles. The van der Waals surface area contributed by atoms with Crippen molar-refractivity contribution >= 4 is 5.97 Å². The van der Waals surface area contributed by atoms with Gasteiger partial charge in [0.25, 0.3) is 0 Å². The number of unbranched alkanes of at least 4 members (excludes halogenated alkanes) is 1. The summed E-state index contributed by atoms with van der Waals surface area (Å²) in [5.41, 5.74) is 1.20. The normalized spacial score (nSPS) is 21.6. The van der Waals surface area contributed by atoms with Crippen LogP contribution >= 0.6 is 0 Å². The Morgan fingerprint density at radius 3 is 2.41 bits per heavy atom. The Bertz CT molecular complexity index is 424. The molecule has 122 valence electrons. The second-order valence-corrected chi connectivity index (χ2v) is 5.93. The zero-order valence-electron chi connectivity index (χ0n) is 13.1. The summed E-state index contributed by atoms with van der Waals surface area (Å²) in [6.07, 6.45) is 5.50. The van der Waals surface area contributed by atoms with Gasteiger partial charge in [-0.2, -0.15) is 0 Å². The fraction of sp³-hybridized carbons (Fsp3) is 0.611. The summed E-state index contributed by atoms with van der Waals surface area (Å²) in [6.45, 7) is 2.17. The molecule has 0 amide bonds. The van der Waals surface area contributed by atoms with Gasteiger partial charge in [0.15, 0.2) is 0 Å². The first-order chi connectivity index (χ1) is 10.8. The molecular weight excluding hydrogens is 280 g/mol. The summed E-state index contributed by atoms with van der Waals surface area (Å²) in [5.74, 6) is -0.819. The molecule has 0 spiro atoms. The molecule has 0 radical (unpaired) electrons. The van der Waals surface area contributed by atoms with Gasteiger partial charge in [-0.05, 0) is 44.1 Å². The number of aliphatic carboxylic acids is 1. The molecule has 2 rings (SSSR count). The van der Waals surface area contributed by atoms with E-state index in [1.54, 1.807) is 0 Å². The molecule has 22 heavy (non-hydrogen) atoms. The Labute approximate surface area is 132 Å². The van der Waals surface area contributed by atoms with Crippen LogP contribution in [-0.4, -0.2) is 30.4 Å². The van der Waals surface area contributed by atoms with Crippen LogP contribution in [0.1, 0.15) is 44.1 Å². The average molecular weight is 306 g/mol. The van der Waals surface area contributed by atoms with Crippen LogP contribution in [0, 0.1) is 5.92 Å². The lowest BCUT2D eigenvalue weighted by Crippen LogP contribution is -2.26. The van der Waals surface area contributed by atoms with Crippen molar-refractivity contribution in [1.29, 1.82) is 0 Å². The molecule has 1 N–H and O–H groups in total. The summed E-state index contributed by atoms with van der Waals surface area (Å²) in [4.78, 5) is 10.9. The van der Waals surface area contributed by atoms with Crippen LogP contribution in [-0.2, 0) is 20.9 Å². The van der Waals surface area contributed by atoms with Gasteiger partial charge in [0.05, 0.1) is 18.6 Å². The molecule has 0 atom stereocenters. The standard InChI is InChI=1S/C18H26O4/c19-18(20)16-8-10-17(11-9-16)22-13-5-4-12-21-14-15-6-2-1-3-7-15/h1-3,6-7,16-17H,4-5,8-14H2,(H,19,20). The van der Waals surface area contributed by atoms with Gasteiger partial charge in [0.1, 0.15) is 0 Å². The highest BCUT2D eigenvalue weighted by Gasteiger charge is 2.25. The first kappa shape index (κ1) is 17.0. The number of hydrogen-bond donors (Lipinski definition) is 1. The van der Waals surface area contributed by atoms with E-state index < -0.39 is 5.97 Å². The fourth-order valence-corrected chi connectivity index (χ4v) is 2.80. The summed E-state index contributed by atoms with van der Waals surface area (Å²) >= 11 is 0. The van der Waals surface area contributed by atoms with E-state index in [-0.39, 0.29) is 12.0 Å². The minimum atomic E-state index is -0.658. The van der Waals surface area contributed by atoms with Crippen molar-refractivity contribution in [2.45, 2.75) is 51.2 Å². The van der Waals surface area contributed by atoms with Crippen LogP contribution in [0.5, 0.6) is 0 Å². The van der Waals surface area contributed by atoms with Crippen molar-refractivity contribution in [3.8, 4) is 0 Å². The summed E-state index contributed by atoms with van der Waals surface area (Å²) in [7, 11) is 0. The SMILES string of the molecule is O=C(O)C1CCC(OCCCCOCc2ccccc2)CC1. The Kier molecular flexibility index (Phi) is 7.40. The number of carboxylic acid groups (broad SMARTS) is 1. The van der Waals surface area contributed by atoms with Crippen LogP contribution in [0.15, 0.2) is 30.3 Å². The third-order valence-corrected chi connectivity index (χ3v) is 4.17. The molecule has 1 aliphatic carbocycles. The van der Waals surface area contributed by atoms with Crippen molar-refractivity contribution in [2.24, 2.45) is 5.92 Å². The van der Waals surface area contributed by atoms with Crippen molar-refractivity contribution in [3.63, 3.8) is 0 Å². The number of ether oxygens (including phenoxy) is 2. The van der Waals surface area contributed by atoms with Gasteiger partial charge in [-0.1, -0.05) is 30.3 Å². The lowest BCUT2D eigenvalue weighted by Gasteiger charge is -2.26. The molecule has 1 saturated carbocycles. The van der Waals surface area contributed by atoms with Gasteiger partial charge in [-0.25, -0.2) is 0 Å². The minimum absolute atomic E-state index is 0.161. The number of rotatable bonds is 9. The molecule has 1 aromatic rings. The highest BCUT2D eigenvalue weighted by atomic mass is 16.5. The molecule has 0 heterocycles.